The summed E-state index contributed by atoms with van der Waals surface area (Å²) in [4.78, 5) is 22.2. The number of hydrogen-bond donors (Lipinski definition) is 2. The van der Waals surface area contributed by atoms with Gasteiger partial charge in [-0.2, -0.15) is 0 Å². The summed E-state index contributed by atoms with van der Waals surface area (Å²) in [7, 11) is 0. The summed E-state index contributed by atoms with van der Waals surface area (Å²) in [6, 6.07) is 5.94. The van der Waals surface area contributed by atoms with Crippen LogP contribution in [-0.2, 0) is 9.59 Å². The maximum absolute atomic E-state index is 11.8. The molecule has 0 heterocycles. The first kappa shape index (κ1) is 16.0. The van der Waals surface area contributed by atoms with Crippen LogP contribution < -0.4 is 5.32 Å². The first-order valence-electron chi connectivity index (χ1n) is 6.67. The van der Waals surface area contributed by atoms with Crippen LogP contribution in [0.25, 0.3) is 0 Å². The average molecular weight is 275 g/mol. The molecular weight excluding hydrogens is 254 g/mol. The summed E-state index contributed by atoms with van der Waals surface area (Å²) < 4.78 is 0. The van der Waals surface area contributed by atoms with Crippen LogP contribution in [0.4, 0.5) is 5.69 Å². The molecule has 108 valence electrons. The summed E-state index contributed by atoms with van der Waals surface area (Å²) in [5.74, 6) is -1.02. The van der Waals surface area contributed by atoms with Gasteiger partial charge in [0.05, 0.1) is 0 Å². The molecule has 0 spiro atoms. The fraction of sp³-hybridized carbons (Fsp3) is 0.375. The van der Waals surface area contributed by atoms with Crippen LogP contribution in [0.2, 0.25) is 0 Å². The van der Waals surface area contributed by atoms with E-state index in [9.17, 15) is 9.59 Å². The van der Waals surface area contributed by atoms with E-state index in [4.69, 9.17) is 5.11 Å². The monoisotopic (exact) mass is 275 g/mol. The van der Waals surface area contributed by atoms with Crippen molar-refractivity contribution in [2.75, 3.05) is 5.32 Å². The highest BCUT2D eigenvalue weighted by atomic mass is 16.4. The fourth-order valence-electron chi connectivity index (χ4n) is 2.01. The zero-order valence-electron chi connectivity index (χ0n) is 12.3. The van der Waals surface area contributed by atoms with Crippen LogP contribution in [0.15, 0.2) is 30.4 Å². The average Bonchev–Trinajstić information content (AvgIpc) is 2.36. The molecule has 20 heavy (non-hydrogen) atoms. The van der Waals surface area contributed by atoms with E-state index < -0.39 is 11.9 Å². The summed E-state index contributed by atoms with van der Waals surface area (Å²) in [5, 5.41) is 11.4. The van der Waals surface area contributed by atoms with Crippen molar-refractivity contribution < 1.29 is 14.7 Å². The lowest BCUT2D eigenvalue weighted by Crippen LogP contribution is -2.13. The Kier molecular flexibility index (Phi) is 5.50. The first-order chi connectivity index (χ1) is 9.32. The molecule has 0 bridgehead atoms. The SMILES string of the molecule is CC(C)c1cccc(C(C)C)c1NC(=O)/C=C\C(=O)O. The van der Waals surface area contributed by atoms with Gasteiger partial charge in [-0.25, -0.2) is 4.79 Å². The fourth-order valence-corrected chi connectivity index (χ4v) is 2.01. The normalized spacial score (nSPS) is 11.3. The van der Waals surface area contributed by atoms with E-state index in [0.29, 0.717) is 0 Å². The number of amides is 1. The van der Waals surface area contributed by atoms with E-state index in [-0.39, 0.29) is 11.8 Å². The van der Waals surface area contributed by atoms with Crippen molar-refractivity contribution in [3.05, 3.63) is 41.5 Å². The summed E-state index contributed by atoms with van der Waals surface area (Å²) in [5.41, 5.74) is 2.89. The second-order valence-corrected chi connectivity index (χ2v) is 5.28. The van der Waals surface area contributed by atoms with Gasteiger partial charge in [0.1, 0.15) is 0 Å². The number of nitrogens with one attached hydrogen (secondary N) is 1. The molecule has 0 aromatic heterocycles. The van der Waals surface area contributed by atoms with E-state index in [1.54, 1.807) is 0 Å². The van der Waals surface area contributed by atoms with Crippen molar-refractivity contribution >= 4 is 17.6 Å². The van der Waals surface area contributed by atoms with Gasteiger partial charge in [-0.1, -0.05) is 45.9 Å². The molecule has 0 unspecified atom stereocenters. The van der Waals surface area contributed by atoms with Crippen molar-refractivity contribution in [3.63, 3.8) is 0 Å². The Morgan fingerprint density at radius 2 is 1.55 bits per heavy atom. The van der Waals surface area contributed by atoms with Crippen LogP contribution in [0.5, 0.6) is 0 Å². The molecule has 0 atom stereocenters. The number of benzene rings is 1. The van der Waals surface area contributed by atoms with Crippen molar-refractivity contribution in [3.8, 4) is 0 Å². The first-order valence-corrected chi connectivity index (χ1v) is 6.67. The summed E-state index contributed by atoms with van der Waals surface area (Å²) in [6.07, 6.45) is 1.87. The standard InChI is InChI=1S/C16H21NO3/c1-10(2)12-6-5-7-13(11(3)4)16(12)17-14(18)8-9-15(19)20/h5-11H,1-4H3,(H,17,18)(H,19,20)/b9-8-. The number of anilines is 1. The number of para-hydroxylation sites is 1. The lowest BCUT2D eigenvalue weighted by molar-refractivity contribution is -0.131. The van der Waals surface area contributed by atoms with E-state index >= 15 is 0 Å². The smallest absolute Gasteiger partial charge is 0.328 e. The molecule has 0 saturated heterocycles. The Hall–Kier alpha value is -2.10. The molecule has 0 aliphatic rings. The number of rotatable bonds is 5. The van der Waals surface area contributed by atoms with E-state index in [1.165, 1.54) is 0 Å². The number of hydrogen-bond acceptors (Lipinski definition) is 2. The van der Waals surface area contributed by atoms with Gasteiger partial charge in [-0.05, 0) is 23.0 Å². The zero-order chi connectivity index (χ0) is 15.3. The topological polar surface area (TPSA) is 66.4 Å². The molecule has 0 fully saturated rings. The molecule has 4 heteroatoms. The quantitative estimate of drug-likeness (QED) is 0.808. The largest absolute Gasteiger partial charge is 0.478 e. The minimum absolute atomic E-state index is 0.271. The third-order valence-electron chi connectivity index (χ3n) is 3.00. The Morgan fingerprint density at radius 3 is 1.95 bits per heavy atom. The molecule has 4 nitrogen and oxygen atoms in total. The number of aliphatic carboxylic acids is 1. The second-order valence-electron chi connectivity index (χ2n) is 5.28. The molecule has 0 saturated carbocycles. The molecular formula is C16H21NO3. The van der Waals surface area contributed by atoms with Crippen molar-refractivity contribution in [1.29, 1.82) is 0 Å². The van der Waals surface area contributed by atoms with Gasteiger partial charge >= 0.3 is 5.97 Å². The Labute approximate surface area is 119 Å². The predicted octanol–water partition coefficient (Wildman–Crippen LogP) is 3.51. The lowest BCUT2D eigenvalue weighted by Gasteiger charge is -2.19. The molecule has 0 radical (unpaired) electrons. The van der Waals surface area contributed by atoms with Crippen LogP contribution in [0.3, 0.4) is 0 Å². The molecule has 0 aliphatic heterocycles. The minimum atomic E-state index is -1.14. The van der Waals surface area contributed by atoms with Crippen LogP contribution >= 0.6 is 0 Å². The minimum Gasteiger partial charge on any atom is -0.478 e. The number of carboxylic acid groups (broad SMARTS) is 1. The Balaban J connectivity index is 3.14. The van der Waals surface area contributed by atoms with Gasteiger partial charge in [-0.3, -0.25) is 4.79 Å². The van der Waals surface area contributed by atoms with Gasteiger partial charge in [0.25, 0.3) is 0 Å². The van der Waals surface area contributed by atoms with E-state index in [0.717, 1.165) is 29.0 Å². The third-order valence-corrected chi connectivity index (χ3v) is 3.00. The number of carboxylic acids is 1. The summed E-state index contributed by atoms with van der Waals surface area (Å²) >= 11 is 0. The molecule has 1 aromatic rings. The third kappa shape index (κ3) is 4.23. The number of carbonyl (C=O) groups excluding carboxylic acids is 1. The van der Waals surface area contributed by atoms with E-state index in [2.05, 4.69) is 33.0 Å². The van der Waals surface area contributed by atoms with Crippen LogP contribution in [-0.4, -0.2) is 17.0 Å². The highest BCUT2D eigenvalue weighted by Gasteiger charge is 2.14. The second kappa shape index (κ2) is 6.89. The van der Waals surface area contributed by atoms with Gasteiger partial charge in [0, 0.05) is 17.8 Å². The van der Waals surface area contributed by atoms with Gasteiger partial charge < -0.3 is 10.4 Å². The molecule has 2 N–H and O–H groups in total. The van der Waals surface area contributed by atoms with Gasteiger partial charge in [0.15, 0.2) is 0 Å². The zero-order valence-corrected chi connectivity index (χ0v) is 12.3. The molecule has 1 rings (SSSR count). The van der Waals surface area contributed by atoms with Gasteiger partial charge in [0.2, 0.25) is 5.91 Å². The predicted molar refractivity (Wildman–Crippen MR) is 80.0 cm³/mol. The van der Waals surface area contributed by atoms with Gasteiger partial charge in [-0.15, -0.1) is 0 Å². The molecule has 0 aliphatic carbocycles. The van der Waals surface area contributed by atoms with E-state index in [1.807, 2.05) is 18.2 Å². The lowest BCUT2D eigenvalue weighted by atomic mass is 9.92. The van der Waals surface area contributed by atoms with Crippen LogP contribution in [0, 0.1) is 0 Å². The van der Waals surface area contributed by atoms with Crippen molar-refractivity contribution in [2.45, 2.75) is 39.5 Å². The maximum Gasteiger partial charge on any atom is 0.328 e. The molecule has 1 amide bonds. The molecule has 1 aromatic carbocycles. The van der Waals surface area contributed by atoms with Crippen molar-refractivity contribution in [1.82, 2.24) is 0 Å². The Morgan fingerprint density at radius 1 is 1.05 bits per heavy atom. The van der Waals surface area contributed by atoms with Crippen molar-refractivity contribution in [2.24, 2.45) is 0 Å². The maximum atomic E-state index is 11.8. The number of carbonyl (C=O) groups is 2. The summed E-state index contributed by atoms with van der Waals surface area (Å²) in [6.45, 7) is 8.23. The Bertz CT molecular complexity index is 504. The van der Waals surface area contributed by atoms with Crippen LogP contribution in [0.1, 0.15) is 50.7 Å². The highest BCUT2D eigenvalue weighted by molar-refractivity contribution is 6.03. The highest BCUT2D eigenvalue weighted by Crippen LogP contribution is 2.32.